The van der Waals surface area contributed by atoms with Crippen molar-refractivity contribution in [2.24, 2.45) is 0 Å². The van der Waals surface area contributed by atoms with Crippen molar-refractivity contribution in [2.45, 2.75) is 31.6 Å². The summed E-state index contributed by atoms with van der Waals surface area (Å²) >= 11 is 0. The summed E-state index contributed by atoms with van der Waals surface area (Å²) in [5.74, 6) is -1.16. The molecular formula is C14H14FNO2. The molecule has 1 aliphatic carbocycles. The summed E-state index contributed by atoms with van der Waals surface area (Å²) in [6.07, 6.45) is 1.51. The lowest BCUT2D eigenvalue weighted by atomic mass is 9.91. The first-order valence-corrected chi connectivity index (χ1v) is 6.01. The average molecular weight is 247 g/mol. The number of aromatic amines is 1. The molecule has 18 heavy (non-hydrogen) atoms. The number of H-pyrrole nitrogens is 1. The van der Waals surface area contributed by atoms with E-state index in [4.69, 9.17) is 5.11 Å². The first-order chi connectivity index (χ1) is 8.50. The van der Waals surface area contributed by atoms with Crippen LogP contribution in [-0.2, 0) is 10.2 Å². The third kappa shape index (κ3) is 1.68. The number of aromatic nitrogens is 1. The van der Waals surface area contributed by atoms with E-state index in [9.17, 15) is 9.18 Å². The first kappa shape index (κ1) is 11.3. The summed E-state index contributed by atoms with van der Waals surface area (Å²) in [6.45, 7) is 1.92. The van der Waals surface area contributed by atoms with Gasteiger partial charge in [0, 0.05) is 22.0 Å². The number of carbonyl (C=O) groups is 1. The predicted molar refractivity (Wildman–Crippen MR) is 66.2 cm³/mol. The quantitative estimate of drug-likeness (QED) is 0.875. The van der Waals surface area contributed by atoms with Crippen molar-refractivity contribution in [1.29, 1.82) is 0 Å². The van der Waals surface area contributed by atoms with E-state index < -0.39 is 11.4 Å². The van der Waals surface area contributed by atoms with E-state index in [2.05, 4.69) is 4.98 Å². The molecule has 94 valence electrons. The van der Waals surface area contributed by atoms with Gasteiger partial charge in [0.25, 0.3) is 0 Å². The van der Waals surface area contributed by atoms with Gasteiger partial charge in [0.15, 0.2) is 0 Å². The van der Waals surface area contributed by atoms with Crippen molar-refractivity contribution in [3.63, 3.8) is 0 Å². The molecule has 3 nitrogen and oxygen atoms in total. The number of benzene rings is 1. The molecule has 1 fully saturated rings. The van der Waals surface area contributed by atoms with Crippen LogP contribution in [0.2, 0.25) is 0 Å². The number of nitrogens with one attached hydrogen (secondary N) is 1. The van der Waals surface area contributed by atoms with Gasteiger partial charge in [-0.15, -0.1) is 0 Å². The van der Waals surface area contributed by atoms with Crippen LogP contribution in [-0.4, -0.2) is 16.1 Å². The van der Waals surface area contributed by atoms with Gasteiger partial charge in [-0.2, -0.15) is 0 Å². The molecule has 1 saturated carbocycles. The van der Waals surface area contributed by atoms with Crippen molar-refractivity contribution < 1.29 is 14.3 Å². The fourth-order valence-electron chi connectivity index (χ4n) is 2.69. The van der Waals surface area contributed by atoms with Crippen LogP contribution in [0.1, 0.15) is 30.5 Å². The molecule has 0 spiro atoms. The third-order valence-electron chi connectivity index (χ3n) is 3.76. The molecule has 0 aliphatic heterocycles. The third-order valence-corrected chi connectivity index (χ3v) is 3.76. The van der Waals surface area contributed by atoms with Crippen LogP contribution in [0, 0.1) is 12.7 Å². The second kappa shape index (κ2) is 3.57. The lowest BCUT2D eigenvalue weighted by molar-refractivity contribution is -0.137. The number of halogens is 1. The largest absolute Gasteiger partial charge is 0.481 e. The Morgan fingerprint density at radius 3 is 2.78 bits per heavy atom. The predicted octanol–water partition coefficient (Wildman–Crippen LogP) is 3.12. The van der Waals surface area contributed by atoms with Gasteiger partial charge in [-0.05, 0) is 43.5 Å². The van der Waals surface area contributed by atoms with Gasteiger partial charge in [0.2, 0.25) is 0 Å². The lowest BCUT2D eigenvalue weighted by Crippen LogP contribution is -2.14. The van der Waals surface area contributed by atoms with Crippen LogP contribution in [0.5, 0.6) is 0 Å². The number of fused-ring (bicyclic) bond motifs is 1. The number of hydrogen-bond acceptors (Lipinski definition) is 1. The van der Waals surface area contributed by atoms with E-state index in [0.717, 1.165) is 29.4 Å². The van der Waals surface area contributed by atoms with Crippen LogP contribution in [0.4, 0.5) is 4.39 Å². The van der Waals surface area contributed by atoms with Gasteiger partial charge in [-0.1, -0.05) is 0 Å². The zero-order valence-electron chi connectivity index (χ0n) is 10.1. The Hall–Kier alpha value is -1.84. The highest BCUT2D eigenvalue weighted by Gasteiger charge is 2.47. The molecule has 4 heteroatoms. The zero-order chi connectivity index (χ0) is 12.9. The lowest BCUT2D eigenvalue weighted by Gasteiger charge is -2.14. The summed E-state index contributed by atoms with van der Waals surface area (Å²) in [6, 6.07) is 5.16. The molecule has 0 amide bonds. The molecule has 1 aromatic heterocycles. The normalized spacial score (nSPS) is 17.0. The van der Waals surface area contributed by atoms with Gasteiger partial charge in [-0.3, -0.25) is 4.79 Å². The SMILES string of the molecule is Cc1cc2cc(F)c(C3(CC(=O)O)CC3)cc2[nH]1. The Balaban J connectivity index is 2.11. The van der Waals surface area contributed by atoms with Crippen LogP contribution < -0.4 is 0 Å². The molecule has 3 rings (SSSR count). The Morgan fingerprint density at radius 2 is 2.17 bits per heavy atom. The van der Waals surface area contributed by atoms with E-state index in [1.807, 2.05) is 13.0 Å². The topological polar surface area (TPSA) is 53.1 Å². The van der Waals surface area contributed by atoms with Crippen LogP contribution in [0.3, 0.4) is 0 Å². The molecule has 2 N–H and O–H groups in total. The second-order valence-corrected chi connectivity index (χ2v) is 5.22. The average Bonchev–Trinajstić information content (AvgIpc) is 2.92. The molecule has 1 aliphatic rings. The number of hydrogen-bond donors (Lipinski definition) is 2. The van der Waals surface area contributed by atoms with Crippen molar-refractivity contribution >= 4 is 16.9 Å². The summed E-state index contributed by atoms with van der Waals surface area (Å²) in [5.41, 5.74) is 1.91. The summed E-state index contributed by atoms with van der Waals surface area (Å²) < 4.78 is 14.1. The highest BCUT2D eigenvalue weighted by atomic mass is 19.1. The number of carboxylic acid groups (broad SMARTS) is 1. The summed E-state index contributed by atoms with van der Waals surface area (Å²) in [5, 5.41) is 9.76. The van der Waals surface area contributed by atoms with E-state index in [0.29, 0.717) is 5.56 Å². The minimum atomic E-state index is -0.866. The first-order valence-electron chi connectivity index (χ1n) is 6.01. The molecule has 1 aromatic carbocycles. The highest BCUT2D eigenvalue weighted by molar-refractivity contribution is 5.82. The van der Waals surface area contributed by atoms with Crippen molar-refractivity contribution in [3.05, 3.63) is 35.3 Å². The van der Waals surface area contributed by atoms with Crippen LogP contribution in [0.25, 0.3) is 10.9 Å². The summed E-state index contributed by atoms with van der Waals surface area (Å²) in [7, 11) is 0. The van der Waals surface area contributed by atoms with Crippen LogP contribution >= 0.6 is 0 Å². The van der Waals surface area contributed by atoms with E-state index in [1.54, 1.807) is 6.07 Å². The van der Waals surface area contributed by atoms with E-state index in [1.165, 1.54) is 6.07 Å². The molecular weight excluding hydrogens is 233 g/mol. The molecule has 0 radical (unpaired) electrons. The van der Waals surface area contributed by atoms with Crippen LogP contribution in [0.15, 0.2) is 18.2 Å². The fourth-order valence-corrected chi connectivity index (χ4v) is 2.69. The van der Waals surface area contributed by atoms with Gasteiger partial charge in [0.05, 0.1) is 6.42 Å². The maximum Gasteiger partial charge on any atom is 0.304 e. The molecule has 0 saturated heterocycles. The molecule has 0 unspecified atom stereocenters. The van der Waals surface area contributed by atoms with Crippen molar-refractivity contribution in [3.8, 4) is 0 Å². The van der Waals surface area contributed by atoms with Gasteiger partial charge < -0.3 is 10.1 Å². The minimum Gasteiger partial charge on any atom is -0.481 e. The highest BCUT2D eigenvalue weighted by Crippen LogP contribution is 2.52. The molecule has 0 atom stereocenters. The van der Waals surface area contributed by atoms with E-state index >= 15 is 0 Å². The Bertz CT molecular complexity index is 641. The number of carboxylic acids is 1. The molecule has 1 heterocycles. The smallest absolute Gasteiger partial charge is 0.304 e. The zero-order valence-corrected chi connectivity index (χ0v) is 10.1. The van der Waals surface area contributed by atoms with Gasteiger partial charge in [0.1, 0.15) is 5.82 Å². The number of rotatable bonds is 3. The maximum atomic E-state index is 14.1. The Morgan fingerprint density at radius 1 is 1.44 bits per heavy atom. The van der Waals surface area contributed by atoms with Gasteiger partial charge >= 0.3 is 5.97 Å². The Labute approximate surface area is 104 Å². The maximum absolute atomic E-state index is 14.1. The van der Waals surface area contributed by atoms with Gasteiger partial charge in [-0.25, -0.2) is 4.39 Å². The Kier molecular flexibility index (Phi) is 2.24. The second-order valence-electron chi connectivity index (χ2n) is 5.22. The molecule has 2 aromatic rings. The monoisotopic (exact) mass is 247 g/mol. The summed E-state index contributed by atoms with van der Waals surface area (Å²) in [4.78, 5) is 14.0. The van der Waals surface area contributed by atoms with E-state index in [-0.39, 0.29) is 12.2 Å². The molecule has 0 bridgehead atoms. The van der Waals surface area contributed by atoms with Crippen molar-refractivity contribution in [2.75, 3.05) is 0 Å². The standard InChI is InChI=1S/C14H14FNO2/c1-8-4-9-5-11(15)10(6-12(9)16-8)14(2-3-14)7-13(17)18/h4-6,16H,2-3,7H2,1H3,(H,17,18). The number of aryl methyl sites for hydroxylation is 1. The minimum absolute atomic E-state index is 0.00905. The van der Waals surface area contributed by atoms with Crippen molar-refractivity contribution in [1.82, 2.24) is 4.98 Å². The fraction of sp³-hybridized carbons (Fsp3) is 0.357. The number of aliphatic carboxylic acids is 1.